The lowest BCUT2D eigenvalue weighted by atomic mass is 10.1. The summed E-state index contributed by atoms with van der Waals surface area (Å²) in [6, 6.07) is 11.8. The lowest BCUT2D eigenvalue weighted by molar-refractivity contribution is -0.648. The molecule has 0 saturated carbocycles. The summed E-state index contributed by atoms with van der Waals surface area (Å²) in [4.78, 5) is 4.47. The van der Waals surface area contributed by atoms with Crippen LogP contribution in [0, 0.1) is 0 Å². The molecule has 0 unspecified atom stereocenters. The van der Waals surface area contributed by atoms with E-state index in [0.717, 1.165) is 22.4 Å². The zero-order chi connectivity index (χ0) is 16.6. The Morgan fingerprint density at radius 2 is 2.10 bits per heavy atom. The topological polar surface area (TPSA) is 26.6 Å². The molecule has 4 aromatic rings. The quantitative estimate of drug-likeness (QED) is 0.399. The number of benzene rings is 1. The van der Waals surface area contributed by atoms with Crippen molar-refractivity contribution < 1.29 is 8.68 Å². The predicted octanol–water partition coefficient (Wildman–Crippen LogP) is 2.38. The molecule has 5 rings (SSSR count). The van der Waals surface area contributed by atoms with Crippen LogP contribution in [0.2, 0.25) is 0 Å². The highest BCUT2D eigenvalue weighted by molar-refractivity contribution is 6.02. The van der Waals surface area contributed by atoms with Crippen molar-refractivity contribution >= 4 is 22.2 Å². The lowest BCUT2D eigenvalue weighted by Crippen LogP contribution is -2.33. The largest absolute Gasteiger partial charge is 0.271 e. The molecule has 4 nitrogen and oxygen atoms in total. The van der Waals surface area contributed by atoms with E-state index in [1.165, 1.54) is 10.1 Å². The maximum Gasteiger partial charge on any atom is 0.271 e. The molecule has 4 heterocycles. The summed E-state index contributed by atoms with van der Waals surface area (Å²) in [5.74, 6) is 1.03. The van der Waals surface area contributed by atoms with Crippen LogP contribution >= 0.6 is 0 Å². The van der Waals surface area contributed by atoms with Gasteiger partial charge in [-0.15, -0.1) is 0 Å². The fourth-order valence-electron chi connectivity index (χ4n) is 3.55. The van der Waals surface area contributed by atoms with Crippen LogP contribution in [0.25, 0.3) is 33.6 Å². The Hall–Kier alpha value is -2.62. The van der Waals surface area contributed by atoms with Gasteiger partial charge in [0.15, 0.2) is 0 Å². The number of hydrogen-bond acceptors (Lipinski definition) is 1. The molecule has 0 bridgehead atoms. The highest BCUT2D eigenvalue weighted by Gasteiger charge is 2.34. The van der Waals surface area contributed by atoms with Gasteiger partial charge in [-0.25, -0.2) is 9.55 Å². The number of rotatable bonds is 0. The number of imidazole rings is 1. The fourth-order valence-corrected chi connectivity index (χ4v) is 3.55. The maximum absolute atomic E-state index is 8.03. The summed E-state index contributed by atoms with van der Waals surface area (Å²) in [5, 5.41) is 0. The van der Waals surface area contributed by atoms with Gasteiger partial charge in [0, 0.05) is 11.8 Å². The van der Waals surface area contributed by atoms with E-state index in [-0.39, 0.29) is 0 Å². The van der Waals surface area contributed by atoms with Crippen LogP contribution in [0.1, 0.15) is 9.68 Å². The summed E-state index contributed by atoms with van der Waals surface area (Å²) in [5.41, 5.74) is 5.30. The van der Waals surface area contributed by atoms with Crippen LogP contribution in [0.3, 0.4) is 0 Å². The van der Waals surface area contributed by atoms with E-state index in [0.29, 0.717) is 17.7 Å². The molecule has 0 aliphatic carbocycles. The van der Waals surface area contributed by atoms with Crippen LogP contribution in [-0.2, 0) is 20.6 Å². The van der Waals surface area contributed by atoms with Crippen molar-refractivity contribution in [1.29, 1.82) is 0 Å². The lowest BCUT2D eigenvalue weighted by Gasteiger charge is -1.97. The highest BCUT2D eigenvalue weighted by Crippen LogP contribution is 2.33. The Bertz CT molecular complexity index is 1130. The summed E-state index contributed by atoms with van der Waals surface area (Å²) < 4.78 is 29.7. The summed E-state index contributed by atoms with van der Waals surface area (Å²) in [6.45, 7) is -1.59. The second-order valence-corrected chi connectivity index (χ2v) is 5.50. The number of hydrogen-bond donors (Lipinski definition) is 0. The average molecular weight is 278 g/mol. The Morgan fingerprint density at radius 3 is 3.00 bits per heavy atom. The Morgan fingerprint density at radius 1 is 1.19 bits per heavy atom. The van der Waals surface area contributed by atoms with E-state index < -0.39 is 6.98 Å². The number of aryl methyl sites for hydroxylation is 2. The van der Waals surface area contributed by atoms with Gasteiger partial charge < -0.3 is 0 Å². The van der Waals surface area contributed by atoms with Crippen LogP contribution in [0.5, 0.6) is 0 Å². The molecule has 0 N–H and O–H groups in total. The molecular formula is C17H15N4+. The first kappa shape index (κ1) is 8.62. The van der Waals surface area contributed by atoms with Gasteiger partial charge in [0.2, 0.25) is 11.3 Å². The van der Waals surface area contributed by atoms with Gasteiger partial charge >= 0.3 is 0 Å². The standard InChI is InChI=1S/C17H15N4/c1-19-13-8-5-9-18-14(13)15-17(19)21-10-11-6-3-4-7-12(11)16(21)20(15)2/h3-9H,10H2,1-2H3/q+1/i1D3. The first-order valence-corrected chi connectivity index (χ1v) is 6.95. The highest BCUT2D eigenvalue weighted by atomic mass is 15.2. The normalized spacial score (nSPS) is 15.8. The smallest absolute Gasteiger partial charge is 0.257 e. The average Bonchev–Trinajstić information content (AvgIpc) is 3.16. The van der Waals surface area contributed by atoms with Gasteiger partial charge in [0.1, 0.15) is 11.0 Å². The van der Waals surface area contributed by atoms with Gasteiger partial charge in [-0.1, -0.05) is 18.2 Å². The van der Waals surface area contributed by atoms with E-state index >= 15 is 0 Å². The zero-order valence-electron chi connectivity index (χ0n) is 14.5. The molecule has 1 aliphatic heterocycles. The first-order chi connectivity index (χ1) is 11.5. The van der Waals surface area contributed by atoms with E-state index in [9.17, 15) is 0 Å². The third-order valence-corrected chi connectivity index (χ3v) is 4.43. The van der Waals surface area contributed by atoms with Gasteiger partial charge in [-0.05, 0) is 18.2 Å². The van der Waals surface area contributed by atoms with Crippen molar-refractivity contribution in [3.05, 3.63) is 48.2 Å². The van der Waals surface area contributed by atoms with E-state index in [4.69, 9.17) is 4.11 Å². The molecule has 1 aliphatic rings. The van der Waals surface area contributed by atoms with Gasteiger partial charge in [-0.3, -0.25) is 9.13 Å². The van der Waals surface area contributed by atoms with E-state index in [1.807, 2.05) is 25.2 Å². The molecular weight excluding hydrogens is 260 g/mol. The van der Waals surface area contributed by atoms with E-state index in [1.54, 1.807) is 12.3 Å². The molecule has 0 spiro atoms. The van der Waals surface area contributed by atoms with Crippen LogP contribution in [-0.4, -0.2) is 14.1 Å². The van der Waals surface area contributed by atoms with Crippen LogP contribution in [0.15, 0.2) is 42.6 Å². The molecule has 0 fully saturated rings. The van der Waals surface area contributed by atoms with E-state index in [2.05, 4.69) is 26.3 Å². The van der Waals surface area contributed by atoms with Crippen LogP contribution < -0.4 is 4.57 Å². The monoisotopic (exact) mass is 278 g/mol. The van der Waals surface area contributed by atoms with Crippen LogP contribution in [0.4, 0.5) is 0 Å². The summed E-state index contributed by atoms with van der Waals surface area (Å²) in [6.07, 6.45) is 1.71. The van der Waals surface area contributed by atoms with Crippen molar-refractivity contribution in [2.24, 2.45) is 14.0 Å². The molecule has 3 aromatic heterocycles. The van der Waals surface area contributed by atoms with Crippen molar-refractivity contribution in [3.63, 3.8) is 0 Å². The minimum atomic E-state index is -2.26. The molecule has 1 aromatic carbocycles. The zero-order valence-corrected chi connectivity index (χ0v) is 11.5. The third kappa shape index (κ3) is 1.17. The van der Waals surface area contributed by atoms with Gasteiger partial charge in [0.05, 0.1) is 30.2 Å². The molecule has 0 atom stereocenters. The number of pyridine rings is 1. The molecule has 21 heavy (non-hydrogen) atoms. The summed E-state index contributed by atoms with van der Waals surface area (Å²) >= 11 is 0. The Kier molecular flexibility index (Phi) is 1.45. The number of aromatic nitrogens is 4. The molecule has 4 heteroatoms. The molecule has 102 valence electrons. The number of nitrogens with zero attached hydrogens (tertiary/aromatic N) is 4. The van der Waals surface area contributed by atoms with Gasteiger partial charge in [0.25, 0.3) is 5.65 Å². The SMILES string of the molecule is [2H]C([2H])([2H])n1c2cccnc2c2c1[n+]1c(n2C)-c2ccccc2C1. The van der Waals surface area contributed by atoms with Crippen molar-refractivity contribution in [1.82, 2.24) is 14.1 Å². The molecule has 0 saturated heterocycles. The first-order valence-electron chi connectivity index (χ1n) is 8.45. The van der Waals surface area contributed by atoms with Crippen molar-refractivity contribution in [2.45, 2.75) is 6.54 Å². The molecule has 0 radical (unpaired) electrons. The second kappa shape index (κ2) is 3.52. The second-order valence-electron chi connectivity index (χ2n) is 5.50. The van der Waals surface area contributed by atoms with Crippen molar-refractivity contribution in [2.75, 3.05) is 0 Å². The van der Waals surface area contributed by atoms with Gasteiger partial charge in [-0.2, -0.15) is 0 Å². The van der Waals surface area contributed by atoms with Crippen molar-refractivity contribution in [3.8, 4) is 11.4 Å². The molecule has 0 amide bonds. The summed E-state index contributed by atoms with van der Waals surface area (Å²) in [7, 11) is 1.98. The minimum Gasteiger partial charge on any atom is -0.257 e. The minimum absolute atomic E-state index is 0.643. The number of fused-ring (bicyclic) bond motifs is 7. The fraction of sp³-hybridized carbons (Fsp3) is 0.176. The predicted molar refractivity (Wildman–Crippen MR) is 81.9 cm³/mol. The Balaban J connectivity index is 2.02. The maximum atomic E-state index is 8.03. The Labute approximate surface area is 126 Å². The third-order valence-electron chi connectivity index (χ3n) is 4.43.